The van der Waals surface area contributed by atoms with Crippen molar-refractivity contribution in [1.29, 1.82) is 0 Å². The molecule has 0 unspecified atom stereocenters. The van der Waals surface area contributed by atoms with Crippen LogP contribution in [0.3, 0.4) is 0 Å². The lowest BCUT2D eigenvalue weighted by atomic mass is 15.0. The Hall–Kier alpha value is -0.0100. The second-order valence-corrected chi connectivity index (χ2v) is 1.72. The van der Waals surface area contributed by atoms with Crippen LogP contribution in [0.2, 0.25) is 0 Å². The summed E-state index contributed by atoms with van der Waals surface area (Å²) in [7, 11) is -4.59. The van der Waals surface area contributed by atoms with Gasteiger partial charge in [0.25, 0.3) is 0 Å². The van der Waals surface area contributed by atoms with Crippen LogP contribution in [0.15, 0.2) is 0 Å². The van der Waals surface area contributed by atoms with Crippen molar-refractivity contribution in [1.82, 2.24) is 0 Å². The van der Waals surface area contributed by atoms with Crippen LogP contribution in [-0.4, -0.2) is 18.6 Å². The number of thiol groups is 1. The fourth-order valence-corrected chi connectivity index (χ4v) is 0. The van der Waals surface area contributed by atoms with E-state index in [1.807, 2.05) is 0 Å². The van der Waals surface area contributed by atoms with Crippen molar-refractivity contribution in [2.45, 2.75) is 0 Å². The highest BCUT2D eigenvalue weighted by molar-refractivity contribution is 7.87. The van der Waals surface area contributed by atoms with Crippen molar-refractivity contribution in [2.75, 3.05) is 0 Å². The van der Waals surface area contributed by atoms with Gasteiger partial charge in [0.2, 0.25) is 10.8 Å². The lowest BCUT2D eigenvalue weighted by Crippen LogP contribution is -2.08. The molecule has 0 saturated heterocycles. The molecular formula is H4O5S. The molecule has 0 saturated carbocycles. The third-order valence-electron chi connectivity index (χ3n) is 0.106. The predicted octanol–water partition coefficient (Wildman–Crippen LogP) is -0.646. The maximum absolute atomic E-state index is 9.22. The summed E-state index contributed by atoms with van der Waals surface area (Å²) in [5.41, 5.74) is 0. The molecule has 6 heavy (non-hydrogen) atoms. The zero-order valence-corrected chi connectivity index (χ0v) is 3.50. The van der Waals surface area contributed by atoms with Crippen LogP contribution < -0.4 is 0 Å². The normalized spacial score (nSPS) is 14.5. The van der Waals surface area contributed by atoms with Gasteiger partial charge in [-0.1, -0.05) is 0 Å². The van der Waals surface area contributed by atoms with E-state index in [1.165, 1.54) is 0 Å². The summed E-state index contributed by atoms with van der Waals surface area (Å²) < 4.78 is 26.8. The molecule has 0 atom stereocenters. The molecule has 5 nitrogen and oxygen atoms in total. The zero-order chi connectivity index (χ0) is 5.21. The quantitative estimate of drug-likeness (QED) is 0.208. The molecule has 0 fully saturated rings. The minimum atomic E-state index is -4.59. The first-order chi connectivity index (χ1) is 2.56. The van der Waals surface area contributed by atoms with E-state index in [2.05, 4.69) is 4.33 Å². The molecule has 0 amide bonds. The molecule has 0 radical (unpaired) electrons. The van der Waals surface area contributed by atoms with Gasteiger partial charge in [-0.25, -0.2) is 9.47 Å². The maximum atomic E-state index is 9.22. The van der Waals surface area contributed by atoms with Crippen LogP contribution in [0, 0.1) is 0 Å². The molecule has 0 aliphatic rings. The molecule has 0 aromatic rings. The molecule has 0 aromatic heterocycles. The molecular weight excluding hydrogens is 112 g/mol. The van der Waals surface area contributed by atoms with Gasteiger partial charge < -0.3 is 0 Å². The summed E-state index contributed by atoms with van der Waals surface area (Å²) >= 11 is 0. The first-order valence-corrected chi connectivity index (χ1v) is 2.48. The van der Waals surface area contributed by atoms with Gasteiger partial charge >= 0.3 is 0 Å². The van der Waals surface area contributed by atoms with E-state index in [1.54, 1.807) is 0 Å². The Morgan fingerprint density at radius 2 is 1.67 bits per heavy atom. The zero-order valence-electron chi connectivity index (χ0n) is 2.61. The molecule has 40 valence electrons. The van der Waals surface area contributed by atoms with E-state index in [-0.39, 0.29) is 0 Å². The highest BCUT2D eigenvalue weighted by Gasteiger charge is 1.95. The molecule has 6 heteroatoms. The molecule has 0 aliphatic heterocycles. The largest absolute Gasteiger partial charge is 0.289 e. The minimum Gasteiger partial charge on any atom is -0.289 e. The van der Waals surface area contributed by atoms with Gasteiger partial charge in [0.15, 0.2) is 0 Å². The predicted molar refractivity (Wildman–Crippen MR) is 18.5 cm³/mol. The highest BCUT2D eigenvalue weighted by atomic mass is 32.3. The van der Waals surface area contributed by atoms with Gasteiger partial charge in [0.1, 0.15) is 0 Å². The number of hydrogen-bond donors (Lipinski definition) is 4. The Morgan fingerprint density at radius 1 is 1.50 bits per heavy atom. The Bertz CT molecular complexity index is 68.0. The van der Waals surface area contributed by atoms with Crippen LogP contribution in [0.5, 0.6) is 0 Å². The monoisotopic (exact) mass is 116 g/mol. The SMILES string of the molecule is O=[SH](O)(O)OO. The molecule has 3 N–H and O–H groups in total. The molecule has 0 aromatic carbocycles. The molecule has 0 heterocycles. The second kappa shape index (κ2) is 1.63. The summed E-state index contributed by atoms with van der Waals surface area (Å²) in [5.74, 6) is 0. The van der Waals surface area contributed by atoms with Gasteiger partial charge in [0.05, 0.1) is 0 Å². The lowest BCUT2D eigenvalue weighted by Gasteiger charge is -2.00. The third-order valence-corrected chi connectivity index (χ3v) is 0.319. The van der Waals surface area contributed by atoms with Gasteiger partial charge in [-0.3, -0.25) is 9.11 Å². The van der Waals surface area contributed by atoms with Crippen LogP contribution >= 0.6 is 0 Å². The van der Waals surface area contributed by atoms with E-state index >= 15 is 0 Å². The first-order valence-electron chi connectivity index (χ1n) is 0.948. The smallest absolute Gasteiger partial charge is 0.205 e. The van der Waals surface area contributed by atoms with E-state index < -0.39 is 10.8 Å². The Labute approximate surface area is 34.8 Å². The van der Waals surface area contributed by atoms with Crippen molar-refractivity contribution in [2.24, 2.45) is 0 Å². The summed E-state index contributed by atoms with van der Waals surface area (Å²) in [6.07, 6.45) is 0. The fourth-order valence-electron chi connectivity index (χ4n) is 0. The second-order valence-electron chi connectivity index (χ2n) is 0.572. The maximum Gasteiger partial charge on any atom is 0.205 e. The third kappa shape index (κ3) is 3.99. The standard InChI is InChI=1S/H4O5S/c1-5-6(2,3)4/h1,6H,(H2,2,3,4). The van der Waals surface area contributed by atoms with Crippen molar-refractivity contribution < 1.29 is 22.9 Å². The van der Waals surface area contributed by atoms with Gasteiger partial charge in [-0.15, -0.1) is 4.33 Å². The Kier molecular flexibility index (Phi) is 1.62. The van der Waals surface area contributed by atoms with Crippen LogP contribution in [-0.2, 0) is 15.1 Å². The van der Waals surface area contributed by atoms with Crippen molar-refractivity contribution in [3.63, 3.8) is 0 Å². The van der Waals surface area contributed by atoms with Crippen molar-refractivity contribution in [3.05, 3.63) is 0 Å². The van der Waals surface area contributed by atoms with Gasteiger partial charge in [-0.2, -0.15) is 0 Å². The van der Waals surface area contributed by atoms with Crippen LogP contribution in [0.25, 0.3) is 0 Å². The van der Waals surface area contributed by atoms with Gasteiger partial charge in [0, 0.05) is 0 Å². The van der Waals surface area contributed by atoms with E-state index in [0.717, 1.165) is 0 Å². The lowest BCUT2D eigenvalue weighted by molar-refractivity contribution is -0.147. The molecule has 0 spiro atoms. The van der Waals surface area contributed by atoms with Crippen LogP contribution in [0.1, 0.15) is 0 Å². The summed E-state index contributed by atoms with van der Waals surface area (Å²) in [4.78, 5) is 0. The van der Waals surface area contributed by atoms with E-state index in [4.69, 9.17) is 14.4 Å². The summed E-state index contributed by atoms with van der Waals surface area (Å²) in [6, 6.07) is 0. The first kappa shape index (κ1) is 5.99. The number of rotatable bonds is 1. The Morgan fingerprint density at radius 3 is 1.67 bits per heavy atom. The van der Waals surface area contributed by atoms with E-state index in [0.29, 0.717) is 0 Å². The highest BCUT2D eigenvalue weighted by Crippen LogP contribution is 1.85. The van der Waals surface area contributed by atoms with Crippen molar-refractivity contribution >= 4 is 10.8 Å². The minimum absolute atomic E-state index is 2.60. The molecule has 0 aliphatic carbocycles. The van der Waals surface area contributed by atoms with Crippen LogP contribution in [0.4, 0.5) is 0 Å². The molecule has 0 rings (SSSR count). The van der Waals surface area contributed by atoms with Crippen molar-refractivity contribution in [3.8, 4) is 0 Å². The van der Waals surface area contributed by atoms with Gasteiger partial charge in [-0.05, 0) is 0 Å². The average Bonchev–Trinajstić information content (AvgIpc) is 1.35. The summed E-state index contributed by atoms with van der Waals surface area (Å²) in [5, 5.41) is 7.14. The van der Waals surface area contributed by atoms with E-state index in [9.17, 15) is 4.21 Å². The molecule has 0 bridgehead atoms. The summed E-state index contributed by atoms with van der Waals surface area (Å²) in [6.45, 7) is 0. The number of hydrogen-bond acceptors (Lipinski definition) is 3. The fraction of sp³-hybridized carbons (Fsp3) is 0. The Balaban J connectivity index is 3.48. The topological polar surface area (TPSA) is 87.0 Å². The average molecular weight is 116 g/mol.